The van der Waals surface area contributed by atoms with Crippen LogP contribution in [0.5, 0.6) is 0 Å². The van der Waals surface area contributed by atoms with Crippen LogP contribution in [0, 0.1) is 12.7 Å². The topological polar surface area (TPSA) is 56.7 Å². The normalized spacial score (nSPS) is 10.9. The molecular formula is C22H30FIN4O. The fourth-order valence-electron chi connectivity index (χ4n) is 2.80. The van der Waals surface area contributed by atoms with E-state index in [1.54, 1.807) is 24.9 Å². The maximum atomic E-state index is 13.6. The summed E-state index contributed by atoms with van der Waals surface area (Å²) >= 11 is 0. The lowest BCUT2D eigenvalue weighted by molar-refractivity contribution is 0.0773. The van der Waals surface area contributed by atoms with Crippen LogP contribution in [0.2, 0.25) is 0 Å². The van der Waals surface area contributed by atoms with Crippen LogP contribution in [-0.4, -0.2) is 36.9 Å². The number of nitrogens with zero attached hydrogens (tertiary/aromatic N) is 2. The number of carbonyl (C=O) groups excluding carboxylic acids is 1. The predicted octanol–water partition coefficient (Wildman–Crippen LogP) is 4.10. The van der Waals surface area contributed by atoms with Crippen LogP contribution in [-0.2, 0) is 13.1 Å². The monoisotopic (exact) mass is 512 g/mol. The van der Waals surface area contributed by atoms with Gasteiger partial charge >= 0.3 is 0 Å². The van der Waals surface area contributed by atoms with Crippen molar-refractivity contribution in [3.63, 3.8) is 0 Å². The summed E-state index contributed by atoms with van der Waals surface area (Å²) in [4.78, 5) is 18.3. The summed E-state index contributed by atoms with van der Waals surface area (Å²) in [6, 6.07) is 12.8. The molecule has 2 rings (SSSR count). The number of hydrogen-bond donors (Lipinski definition) is 2. The Hall–Kier alpha value is -2.16. The Bertz CT molecular complexity index is 820. The van der Waals surface area contributed by atoms with Gasteiger partial charge in [-0.3, -0.25) is 9.79 Å². The third-order valence-electron chi connectivity index (χ3n) is 4.63. The van der Waals surface area contributed by atoms with Gasteiger partial charge in [0, 0.05) is 38.8 Å². The maximum Gasteiger partial charge on any atom is 0.253 e. The smallest absolute Gasteiger partial charge is 0.253 e. The highest BCUT2D eigenvalue weighted by molar-refractivity contribution is 14.0. The van der Waals surface area contributed by atoms with Crippen LogP contribution in [0.3, 0.4) is 0 Å². The second-order valence-corrected chi connectivity index (χ2v) is 6.54. The van der Waals surface area contributed by atoms with Crippen molar-refractivity contribution in [3.05, 3.63) is 70.5 Å². The number of rotatable bonds is 7. The summed E-state index contributed by atoms with van der Waals surface area (Å²) in [6.07, 6.45) is 0. The van der Waals surface area contributed by atoms with Crippen LogP contribution < -0.4 is 10.6 Å². The molecule has 7 heteroatoms. The Balaban J connectivity index is 0.00000420. The van der Waals surface area contributed by atoms with Crippen LogP contribution >= 0.6 is 24.0 Å². The van der Waals surface area contributed by atoms with Gasteiger partial charge in [-0.05, 0) is 55.7 Å². The van der Waals surface area contributed by atoms with Gasteiger partial charge in [0.25, 0.3) is 5.91 Å². The summed E-state index contributed by atoms with van der Waals surface area (Å²) < 4.78 is 13.6. The molecule has 0 heterocycles. The number of halogens is 2. The zero-order valence-electron chi connectivity index (χ0n) is 17.5. The van der Waals surface area contributed by atoms with Crippen LogP contribution in [0.4, 0.5) is 4.39 Å². The van der Waals surface area contributed by atoms with Gasteiger partial charge in [-0.1, -0.05) is 24.3 Å². The summed E-state index contributed by atoms with van der Waals surface area (Å²) in [6.45, 7) is 8.15. The Morgan fingerprint density at radius 3 is 2.07 bits per heavy atom. The van der Waals surface area contributed by atoms with Gasteiger partial charge in [0.1, 0.15) is 5.82 Å². The van der Waals surface area contributed by atoms with E-state index in [9.17, 15) is 9.18 Å². The van der Waals surface area contributed by atoms with Gasteiger partial charge in [-0.15, -0.1) is 24.0 Å². The number of guanidine groups is 1. The van der Waals surface area contributed by atoms with Gasteiger partial charge in [-0.2, -0.15) is 0 Å². The van der Waals surface area contributed by atoms with E-state index in [-0.39, 0.29) is 35.7 Å². The summed E-state index contributed by atoms with van der Waals surface area (Å²) in [7, 11) is 1.69. The van der Waals surface area contributed by atoms with Gasteiger partial charge < -0.3 is 15.5 Å². The predicted molar refractivity (Wildman–Crippen MR) is 127 cm³/mol. The average molecular weight is 512 g/mol. The van der Waals surface area contributed by atoms with E-state index >= 15 is 0 Å². The van der Waals surface area contributed by atoms with E-state index in [1.807, 2.05) is 44.2 Å². The van der Waals surface area contributed by atoms with E-state index < -0.39 is 0 Å². The molecule has 0 spiro atoms. The molecule has 0 atom stereocenters. The van der Waals surface area contributed by atoms with Crippen molar-refractivity contribution in [1.29, 1.82) is 0 Å². The highest BCUT2D eigenvalue weighted by atomic mass is 127. The average Bonchev–Trinajstić information content (AvgIpc) is 2.72. The Morgan fingerprint density at radius 2 is 1.55 bits per heavy atom. The first-order valence-electron chi connectivity index (χ1n) is 9.56. The first kappa shape index (κ1) is 24.9. The van der Waals surface area contributed by atoms with Crippen molar-refractivity contribution in [1.82, 2.24) is 15.5 Å². The van der Waals surface area contributed by atoms with Crippen LogP contribution in [0.25, 0.3) is 0 Å². The molecule has 0 saturated heterocycles. The number of benzene rings is 2. The number of aryl methyl sites for hydroxylation is 1. The molecule has 0 fully saturated rings. The van der Waals surface area contributed by atoms with Gasteiger partial charge in [0.05, 0.1) is 0 Å². The molecule has 5 nitrogen and oxygen atoms in total. The van der Waals surface area contributed by atoms with Crippen molar-refractivity contribution < 1.29 is 9.18 Å². The minimum Gasteiger partial charge on any atom is -0.352 e. The highest BCUT2D eigenvalue weighted by Gasteiger charge is 2.11. The minimum atomic E-state index is -0.207. The fourth-order valence-corrected chi connectivity index (χ4v) is 2.80. The van der Waals surface area contributed by atoms with E-state index in [2.05, 4.69) is 15.6 Å². The lowest BCUT2D eigenvalue weighted by Crippen LogP contribution is -2.36. The maximum absolute atomic E-state index is 13.6. The largest absolute Gasteiger partial charge is 0.352 e. The number of hydrogen-bond acceptors (Lipinski definition) is 2. The van der Waals surface area contributed by atoms with Gasteiger partial charge in [0.15, 0.2) is 5.96 Å². The first-order chi connectivity index (χ1) is 13.5. The number of nitrogens with one attached hydrogen (secondary N) is 2. The van der Waals surface area contributed by atoms with Crippen molar-refractivity contribution in [2.24, 2.45) is 4.99 Å². The van der Waals surface area contributed by atoms with Crippen LogP contribution in [0.1, 0.15) is 40.9 Å². The lowest BCUT2D eigenvalue weighted by Gasteiger charge is -2.18. The molecule has 0 unspecified atom stereocenters. The molecule has 0 bridgehead atoms. The summed E-state index contributed by atoms with van der Waals surface area (Å²) in [5.41, 5.74) is 3.22. The number of amides is 1. The van der Waals surface area contributed by atoms with E-state index in [1.165, 1.54) is 6.07 Å². The van der Waals surface area contributed by atoms with Crippen molar-refractivity contribution >= 4 is 35.8 Å². The molecule has 1 amide bonds. The molecular weight excluding hydrogens is 482 g/mol. The van der Waals surface area contributed by atoms with E-state index in [4.69, 9.17) is 0 Å². The molecule has 0 aliphatic heterocycles. The lowest BCUT2D eigenvalue weighted by atomic mass is 10.1. The zero-order valence-corrected chi connectivity index (χ0v) is 19.8. The Labute approximate surface area is 189 Å². The molecule has 2 aromatic rings. The second-order valence-electron chi connectivity index (χ2n) is 6.54. The third-order valence-corrected chi connectivity index (χ3v) is 4.63. The standard InChI is InChI=1S/C22H29FN4O.HI/c1-5-27(6-2)21(28)19-11-9-17(10-12-19)14-25-22(24-4)26-15-18-8-7-16(3)20(23)13-18;/h7-13H,5-6,14-15H2,1-4H3,(H2,24,25,26);1H. The van der Waals surface area contributed by atoms with Gasteiger partial charge in [-0.25, -0.2) is 4.39 Å². The van der Waals surface area contributed by atoms with Crippen molar-refractivity contribution in [3.8, 4) is 0 Å². The van der Waals surface area contributed by atoms with Crippen LogP contribution in [0.15, 0.2) is 47.5 Å². The molecule has 0 aliphatic carbocycles. The molecule has 0 aliphatic rings. The number of aliphatic imine (C=N–C) groups is 1. The molecule has 2 N–H and O–H groups in total. The van der Waals surface area contributed by atoms with Crippen molar-refractivity contribution in [2.45, 2.75) is 33.9 Å². The molecule has 158 valence electrons. The van der Waals surface area contributed by atoms with Gasteiger partial charge in [0.2, 0.25) is 0 Å². The zero-order chi connectivity index (χ0) is 20.5. The Morgan fingerprint density at radius 1 is 1.00 bits per heavy atom. The highest BCUT2D eigenvalue weighted by Crippen LogP contribution is 2.09. The molecule has 0 saturated carbocycles. The molecule has 29 heavy (non-hydrogen) atoms. The van der Waals surface area contributed by atoms with Crippen molar-refractivity contribution in [2.75, 3.05) is 20.1 Å². The Kier molecular flexibility index (Phi) is 10.6. The minimum absolute atomic E-state index is 0. The SMILES string of the molecule is CCN(CC)C(=O)c1ccc(CNC(=NC)NCc2ccc(C)c(F)c2)cc1.I. The molecule has 2 aromatic carbocycles. The summed E-state index contributed by atoms with van der Waals surface area (Å²) in [5, 5.41) is 6.40. The third kappa shape index (κ3) is 7.30. The van der Waals surface area contributed by atoms with E-state index in [0.29, 0.717) is 43.3 Å². The van der Waals surface area contributed by atoms with E-state index in [0.717, 1.165) is 11.1 Å². The molecule has 0 radical (unpaired) electrons. The first-order valence-corrected chi connectivity index (χ1v) is 9.56. The second kappa shape index (κ2) is 12.4. The molecule has 0 aromatic heterocycles. The number of carbonyl (C=O) groups is 1. The fraction of sp³-hybridized carbons (Fsp3) is 0.364. The quantitative estimate of drug-likeness (QED) is 0.334. The summed E-state index contributed by atoms with van der Waals surface area (Å²) in [5.74, 6) is 0.471.